The number of amides is 1. The highest BCUT2D eigenvalue weighted by molar-refractivity contribution is 8.93. The summed E-state index contributed by atoms with van der Waals surface area (Å²) in [5, 5.41) is 20.6. The monoisotopic (exact) mass is 672 g/mol. The van der Waals surface area contributed by atoms with E-state index in [2.05, 4.69) is 31.0 Å². The second kappa shape index (κ2) is 14.9. The van der Waals surface area contributed by atoms with Crippen molar-refractivity contribution in [1.29, 1.82) is 5.41 Å². The fraction of sp³-hybridized carbons (Fsp3) is 0.515. The zero-order valence-electron chi connectivity index (χ0n) is 26.4. The molecular weight excluding hydrogens is 628 g/mol. The quantitative estimate of drug-likeness (QED) is 0.197. The summed E-state index contributed by atoms with van der Waals surface area (Å²) in [6, 6.07) is 7.27. The maximum absolute atomic E-state index is 13.9. The van der Waals surface area contributed by atoms with Crippen LogP contribution in [0, 0.1) is 5.41 Å². The lowest BCUT2D eigenvalue weighted by atomic mass is 9.84. The van der Waals surface area contributed by atoms with Crippen LogP contribution >= 0.6 is 17.0 Å². The lowest BCUT2D eigenvalue weighted by Crippen LogP contribution is -2.32. The smallest absolute Gasteiger partial charge is 0.303 e. The molecule has 4 rings (SSSR count). The fourth-order valence-corrected chi connectivity index (χ4v) is 5.67. The predicted octanol–water partition coefficient (Wildman–Crippen LogP) is 5.58. The predicted molar refractivity (Wildman–Crippen MR) is 176 cm³/mol. The Labute approximate surface area is 270 Å². The average molecular weight is 674 g/mol. The van der Waals surface area contributed by atoms with E-state index in [0.29, 0.717) is 47.8 Å². The number of ketones is 1. The SMILES string of the molecule is Br.CCOc1cc2c(cc1C(=O)NC)C(=N)N(CC(=O)c1cc(N3CCCCC3)c(OCCCC(=O)O)c(C(C)(C)C)c1)C2. The highest BCUT2D eigenvalue weighted by atomic mass is 79.9. The third kappa shape index (κ3) is 7.91. The number of hydrogen-bond acceptors (Lipinski definition) is 7. The lowest BCUT2D eigenvalue weighted by Gasteiger charge is -2.34. The normalized spacial score (nSPS) is 14.5. The highest BCUT2D eigenvalue weighted by Gasteiger charge is 2.31. The molecule has 1 amide bonds. The van der Waals surface area contributed by atoms with Gasteiger partial charge in [0.15, 0.2) is 5.78 Å². The van der Waals surface area contributed by atoms with Gasteiger partial charge in [-0.3, -0.25) is 19.8 Å². The van der Waals surface area contributed by atoms with Gasteiger partial charge in [-0.05, 0) is 67.9 Å². The van der Waals surface area contributed by atoms with Crippen LogP contribution in [0.2, 0.25) is 0 Å². The van der Waals surface area contributed by atoms with Crippen LogP contribution in [0.5, 0.6) is 11.5 Å². The second-order valence-electron chi connectivity index (χ2n) is 12.2. The van der Waals surface area contributed by atoms with E-state index >= 15 is 0 Å². The van der Waals surface area contributed by atoms with Gasteiger partial charge >= 0.3 is 5.97 Å². The van der Waals surface area contributed by atoms with Crippen molar-refractivity contribution < 1.29 is 29.0 Å². The van der Waals surface area contributed by atoms with Crippen molar-refractivity contribution in [2.24, 2.45) is 0 Å². The number of halogens is 1. The molecule has 0 aliphatic carbocycles. The van der Waals surface area contributed by atoms with Crippen LogP contribution in [0.4, 0.5) is 5.69 Å². The van der Waals surface area contributed by atoms with Crippen molar-refractivity contribution >= 4 is 46.2 Å². The van der Waals surface area contributed by atoms with E-state index < -0.39 is 5.97 Å². The van der Waals surface area contributed by atoms with Crippen molar-refractivity contribution in [2.45, 2.75) is 71.8 Å². The number of aliphatic carboxylic acids is 1. The summed E-state index contributed by atoms with van der Waals surface area (Å²) in [6.45, 7) is 10.8. The molecule has 2 aromatic carbocycles. The summed E-state index contributed by atoms with van der Waals surface area (Å²) in [4.78, 5) is 41.5. The number of anilines is 1. The number of carbonyl (C=O) groups is 3. The number of benzene rings is 2. The maximum atomic E-state index is 13.9. The molecule has 1 saturated heterocycles. The topological polar surface area (TPSA) is 132 Å². The van der Waals surface area contributed by atoms with Crippen molar-refractivity contribution in [3.8, 4) is 11.5 Å². The van der Waals surface area contributed by atoms with E-state index in [1.165, 1.54) is 0 Å². The molecule has 2 aromatic rings. The Hall–Kier alpha value is -3.60. The first-order chi connectivity index (χ1) is 20.4. The number of ether oxygens (including phenoxy) is 2. The van der Waals surface area contributed by atoms with Crippen LogP contribution in [0.3, 0.4) is 0 Å². The molecule has 1 fully saturated rings. The van der Waals surface area contributed by atoms with Gasteiger partial charge in [-0.15, -0.1) is 17.0 Å². The van der Waals surface area contributed by atoms with E-state index in [4.69, 9.17) is 20.0 Å². The molecule has 0 radical (unpaired) electrons. The Balaban J connectivity index is 0.00000529. The molecule has 0 unspecified atom stereocenters. The van der Waals surface area contributed by atoms with Crippen LogP contribution in [-0.4, -0.2) is 73.4 Å². The molecule has 2 aliphatic heterocycles. The molecule has 0 spiro atoms. The minimum absolute atomic E-state index is 0. The summed E-state index contributed by atoms with van der Waals surface area (Å²) >= 11 is 0. The van der Waals surface area contributed by atoms with Crippen molar-refractivity contribution in [3.05, 3.63) is 52.1 Å². The number of nitrogens with one attached hydrogen (secondary N) is 2. The van der Waals surface area contributed by atoms with E-state index in [9.17, 15) is 14.4 Å². The molecule has 11 heteroatoms. The Kier molecular flexibility index (Phi) is 11.8. The Morgan fingerprint density at radius 3 is 2.36 bits per heavy atom. The van der Waals surface area contributed by atoms with E-state index in [1.54, 1.807) is 24.1 Å². The molecule has 3 N–H and O–H groups in total. The first-order valence-electron chi connectivity index (χ1n) is 15.1. The largest absolute Gasteiger partial charge is 0.493 e. The van der Waals surface area contributed by atoms with Crippen LogP contribution in [0.15, 0.2) is 24.3 Å². The first kappa shape index (κ1) is 34.9. The minimum atomic E-state index is -0.856. The van der Waals surface area contributed by atoms with Gasteiger partial charge in [-0.2, -0.15) is 0 Å². The molecular formula is C33H45BrN4O6. The van der Waals surface area contributed by atoms with Gasteiger partial charge in [0.05, 0.1) is 31.0 Å². The van der Waals surface area contributed by atoms with Gasteiger partial charge in [-0.25, -0.2) is 0 Å². The third-order valence-corrected chi connectivity index (χ3v) is 7.92. The number of hydrogen-bond donors (Lipinski definition) is 3. The van der Waals surface area contributed by atoms with Crippen molar-refractivity contribution in [2.75, 3.05) is 44.8 Å². The Morgan fingerprint density at radius 2 is 1.75 bits per heavy atom. The number of nitrogens with zero attached hydrogens (tertiary/aromatic N) is 2. The zero-order valence-corrected chi connectivity index (χ0v) is 28.1. The average Bonchev–Trinajstić information content (AvgIpc) is 3.27. The van der Waals surface area contributed by atoms with Crippen LogP contribution in [0.1, 0.15) is 97.2 Å². The summed E-state index contributed by atoms with van der Waals surface area (Å²) in [6.07, 6.45) is 3.67. The lowest BCUT2D eigenvalue weighted by molar-refractivity contribution is -0.137. The number of carboxylic acid groups (broad SMARTS) is 1. The molecule has 240 valence electrons. The Bertz CT molecular complexity index is 1400. The fourth-order valence-electron chi connectivity index (χ4n) is 5.67. The number of Topliss-reactive ketones (excluding diaryl/α,β-unsaturated/α-hetero) is 1. The molecule has 2 aliphatic rings. The van der Waals surface area contributed by atoms with Gasteiger partial charge in [0.1, 0.15) is 17.3 Å². The molecule has 44 heavy (non-hydrogen) atoms. The molecule has 0 bridgehead atoms. The summed E-state index contributed by atoms with van der Waals surface area (Å²) in [7, 11) is 1.55. The van der Waals surface area contributed by atoms with Gasteiger partial charge in [0, 0.05) is 49.8 Å². The van der Waals surface area contributed by atoms with E-state index in [1.807, 2.05) is 19.1 Å². The molecule has 10 nitrogen and oxygen atoms in total. The van der Waals surface area contributed by atoms with Gasteiger partial charge in [0.25, 0.3) is 5.91 Å². The molecule has 0 aromatic heterocycles. The molecule has 0 saturated carbocycles. The number of fused-ring (bicyclic) bond motifs is 1. The minimum Gasteiger partial charge on any atom is -0.493 e. The van der Waals surface area contributed by atoms with Gasteiger partial charge in [-0.1, -0.05) is 20.8 Å². The third-order valence-electron chi connectivity index (χ3n) is 7.92. The van der Waals surface area contributed by atoms with Gasteiger partial charge < -0.3 is 29.7 Å². The summed E-state index contributed by atoms with van der Waals surface area (Å²) in [5.74, 6) is 0.103. The number of piperidine rings is 1. The maximum Gasteiger partial charge on any atom is 0.303 e. The zero-order chi connectivity index (χ0) is 31.3. The van der Waals surface area contributed by atoms with Crippen LogP contribution in [-0.2, 0) is 16.8 Å². The highest BCUT2D eigenvalue weighted by Crippen LogP contribution is 2.42. The van der Waals surface area contributed by atoms with E-state index in [0.717, 1.165) is 49.2 Å². The number of carboxylic acids is 1. The number of rotatable bonds is 12. The van der Waals surface area contributed by atoms with Crippen molar-refractivity contribution in [3.63, 3.8) is 0 Å². The van der Waals surface area contributed by atoms with E-state index in [-0.39, 0.29) is 59.5 Å². The second-order valence-corrected chi connectivity index (χ2v) is 12.2. The molecule has 2 heterocycles. The summed E-state index contributed by atoms with van der Waals surface area (Å²) in [5.41, 5.74) is 3.78. The van der Waals surface area contributed by atoms with Crippen LogP contribution in [0.25, 0.3) is 0 Å². The Morgan fingerprint density at radius 1 is 1.05 bits per heavy atom. The van der Waals surface area contributed by atoms with Gasteiger partial charge in [0.2, 0.25) is 0 Å². The van der Waals surface area contributed by atoms with Crippen molar-refractivity contribution in [1.82, 2.24) is 10.2 Å². The first-order valence-corrected chi connectivity index (χ1v) is 15.1. The summed E-state index contributed by atoms with van der Waals surface area (Å²) < 4.78 is 12.0. The number of amidine groups is 1. The molecule has 0 atom stereocenters. The number of carbonyl (C=O) groups excluding carboxylic acids is 2. The standard InChI is InChI=1S/C33H44N4O6.BrH/c1-6-42-28-17-22-19-37(31(34)23(22)18-24(28)32(41)35-5)20-27(38)21-15-25(33(2,3)4)30(43-14-10-11-29(39)40)26(16-21)36-12-8-7-9-13-36;/h15-18,34H,6-14,19-20H2,1-5H3,(H,35,41)(H,39,40);1H. The van der Waals surface area contributed by atoms with Crippen LogP contribution < -0.4 is 19.7 Å².